The maximum Gasteiger partial charge on any atom is 0.293 e. The molecule has 0 spiro atoms. The zero-order valence-electron chi connectivity index (χ0n) is 9.89. The second-order valence-electron chi connectivity index (χ2n) is 3.97. The van der Waals surface area contributed by atoms with Crippen molar-refractivity contribution < 1.29 is 4.79 Å². The summed E-state index contributed by atoms with van der Waals surface area (Å²) < 4.78 is 0. The van der Waals surface area contributed by atoms with Gasteiger partial charge in [0.1, 0.15) is 0 Å². The standard InChI is InChI=1S/C16H13NO/c17-16(18)11-10-13-6-8-15(9-7-13)12-14-4-2-1-3-5-14/h1-9H,12H2,(H2,17,18). The lowest BCUT2D eigenvalue weighted by molar-refractivity contribution is -0.112. The number of hydrogen-bond acceptors (Lipinski definition) is 1. The molecule has 0 unspecified atom stereocenters. The van der Waals surface area contributed by atoms with Crippen molar-refractivity contribution in [1.29, 1.82) is 0 Å². The van der Waals surface area contributed by atoms with Crippen LogP contribution < -0.4 is 5.73 Å². The fourth-order valence-corrected chi connectivity index (χ4v) is 1.67. The highest BCUT2D eigenvalue weighted by molar-refractivity contribution is 5.92. The largest absolute Gasteiger partial charge is 0.359 e. The molecule has 1 amide bonds. The van der Waals surface area contributed by atoms with E-state index in [1.54, 1.807) is 0 Å². The summed E-state index contributed by atoms with van der Waals surface area (Å²) in [6.45, 7) is 0. The predicted molar refractivity (Wildman–Crippen MR) is 71.8 cm³/mol. The molecule has 0 bridgehead atoms. The van der Waals surface area contributed by atoms with Crippen molar-refractivity contribution >= 4 is 5.91 Å². The summed E-state index contributed by atoms with van der Waals surface area (Å²) in [6.07, 6.45) is 0.893. The molecule has 0 radical (unpaired) electrons. The van der Waals surface area contributed by atoms with Gasteiger partial charge in [0.05, 0.1) is 0 Å². The van der Waals surface area contributed by atoms with Crippen LogP contribution >= 0.6 is 0 Å². The van der Waals surface area contributed by atoms with Crippen molar-refractivity contribution in [2.24, 2.45) is 5.73 Å². The van der Waals surface area contributed by atoms with Crippen LogP contribution in [-0.2, 0) is 11.2 Å². The third-order valence-electron chi connectivity index (χ3n) is 2.54. The molecule has 2 rings (SSSR count). The maximum absolute atomic E-state index is 10.5. The number of carbonyl (C=O) groups excluding carboxylic acids is 1. The Morgan fingerprint density at radius 1 is 0.944 bits per heavy atom. The van der Waals surface area contributed by atoms with E-state index in [0.717, 1.165) is 12.0 Å². The van der Waals surface area contributed by atoms with E-state index in [2.05, 4.69) is 24.0 Å². The van der Waals surface area contributed by atoms with Gasteiger partial charge in [0.2, 0.25) is 0 Å². The van der Waals surface area contributed by atoms with E-state index in [4.69, 9.17) is 5.73 Å². The Balaban J connectivity index is 2.09. The van der Waals surface area contributed by atoms with Gasteiger partial charge < -0.3 is 5.73 Å². The summed E-state index contributed by atoms with van der Waals surface area (Å²) in [7, 11) is 0. The summed E-state index contributed by atoms with van der Waals surface area (Å²) >= 11 is 0. The summed E-state index contributed by atoms with van der Waals surface area (Å²) in [4.78, 5) is 10.5. The van der Waals surface area contributed by atoms with Gasteiger partial charge in [-0.15, -0.1) is 0 Å². The van der Waals surface area contributed by atoms with Crippen LogP contribution in [-0.4, -0.2) is 5.91 Å². The SMILES string of the molecule is NC(=O)C#Cc1ccc(Cc2ccccc2)cc1. The minimum absolute atomic E-state index is 0.608. The lowest BCUT2D eigenvalue weighted by Gasteiger charge is -2.01. The zero-order chi connectivity index (χ0) is 12.8. The second-order valence-corrected chi connectivity index (χ2v) is 3.97. The molecule has 0 heterocycles. The van der Waals surface area contributed by atoms with Crippen LogP contribution in [0, 0.1) is 11.8 Å². The molecule has 0 aromatic heterocycles. The van der Waals surface area contributed by atoms with Crippen LogP contribution in [0.2, 0.25) is 0 Å². The Morgan fingerprint density at radius 3 is 2.17 bits per heavy atom. The van der Waals surface area contributed by atoms with Crippen molar-refractivity contribution in [2.75, 3.05) is 0 Å². The zero-order valence-corrected chi connectivity index (χ0v) is 9.89. The van der Waals surface area contributed by atoms with Crippen LogP contribution in [0.4, 0.5) is 0 Å². The monoisotopic (exact) mass is 235 g/mol. The molecule has 88 valence electrons. The summed E-state index contributed by atoms with van der Waals surface area (Å²) in [5.41, 5.74) is 8.24. The van der Waals surface area contributed by atoms with Crippen LogP contribution in [0.15, 0.2) is 54.6 Å². The smallest absolute Gasteiger partial charge is 0.293 e. The van der Waals surface area contributed by atoms with E-state index >= 15 is 0 Å². The van der Waals surface area contributed by atoms with E-state index in [1.165, 1.54) is 11.1 Å². The van der Waals surface area contributed by atoms with Crippen molar-refractivity contribution in [3.63, 3.8) is 0 Å². The summed E-state index contributed by atoms with van der Waals surface area (Å²) in [5.74, 6) is 4.42. The number of rotatable bonds is 2. The second kappa shape index (κ2) is 5.70. The minimum atomic E-state index is -0.608. The Hall–Kier alpha value is -2.53. The fraction of sp³-hybridized carbons (Fsp3) is 0.0625. The average Bonchev–Trinajstić information content (AvgIpc) is 2.39. The fourth-order valence-electron chi connectivity index (χ4n) is 1.67. The number of primary amides is 1. The first-order valence-corrected chi connectivity index (χ1v) is 5.68. The molecule has 0 aliphatic carbocycles. The van der Waals surface area contributed by atoms with E-state index in [-0.39, 0.29) is 0 Å². The van der Waals surface area contributed by atoms with Crippen molar-refractivity contribution in [1.82, 2.24) is 0 Å². The third-order valence-corrected chi connectivity index (χ3v) is 2.54. The highest BCUT2D eigenvalue weighted by Gasteiger charge is 1.95. The van der Waals surface area contributed by atoms with Gasteiger partial charge in [-0.2, -0.15) is 0 Å². The Labute approximate surface area is 106 Å². The number of nitrogens with two attached hydrogens (primary N) is 1. The van der Waals surface area contributed by atoms with Gasteiger partial charge in [-0.3, -0.25) is 4.79 Å². The quantitative estimate of drug-likeness (QED) is 0.796. The number of benzene rings is 2. The number of hydrogen-bond donors (Lipinski definition) is 1. The van der Waals surface area contributed by atoms with Gasteiger partial charge in [-0.25, -0.2) is 0 Å². The summed E-state index contributed by atoms with van der Waals surface area (Å²) in [6, 6.07) is 18.1. The molecule has 2 aromatic carbocycles. The lowest BCUT2D eigenvalue weighted by Crippen LogP contribution is -2.06. The molecule has 2 N–H and O–H groups in total. The van der Waals surface area contributed by atoms with Gasteiger partial charge in [0.15, 0.2) is 0 Å². The Kier molecular flexibility index (Phi) is 3.78. The average molecular weight is 235 g/mol. The first-order chi connectivity index (χ1) is 8.74. The molecule has 2 nitrogen and oxygen atoms in total. The number of carbonyl (C=O) groups is 1. The Bertz CT molecular complexity index is 588. The molecule has 0 aliphatic rings. The maximum atomic E-state index is 10.5. The van der Waals surface area contributed by atoms with E-state index in [9.17, 15) is 4.79 Å². The number of amides is 1. The van der Waals surface area contributed by atoms with E-state index in [0.29, 0.717) is 0 Å². The van der Waals surface area contributed by atoms with Crippen LogP contribution in [0.5, 0.6) is 0 Å². The predicted octanol–water partition coefficient (Wildman–Crippen LogP) is 2.11. The summed E-state index contributed by atoms with van der Waals surface area (Å²) in [5, 5.41) is 0. The van der Waals surface area contributed by atoms with E-state index < -0.39 is 5.91 Å². The van der Waals surface area contributed by atoms with Crippen LogP contribution in [0.1, 0.15) is 16.7 Å². The minimum Gasteiger partial charge on any atom is -0.359 e. The first kappa shape index (κ1) is 11.9. The third kappa shape index (κ3) is 3.50. The van der Waals surface area contributed by atoms with Gasteiger partial charge in [-0.05, 0) is 35.6 Å². The lowest BCUT2D eigenvalue weighted by atomic mass is 10.0. The molecule has 18 heavy (non-hydrogen) atoms. The van der Waals surface area contributed by atoms with Gasteiger partial charge in [0.25, 0.3) is 5.91 Å². The van der Waals surface area contributed by atoms with Crippen molar-refractivity contribution in [3.05, 3.63) is 71.3 Å². The molecule has 0 saturated carbocycles. The van der Waals surface area contributed by atoms with E-state index in [1.807, 2.05) is 42.5 Å². The van der Waals surface area contributed by atoms with Crippen molar-refractivity contribution in [3.8, 4) is 11.8 Å². The molecule has 0 atom stereocenters. The molecule has 2 heteroatoms. The molecular weight excluding hydrogens is 222 g/mol. The molecule has 0 fully saturated rings. The topological polar surface area (TPSA) is 43.1 Å². The molecule has 0 aliphatic heterocycles. The van der Waals surface area contributed by atoms with Crippen LogP contribution in [0.25, 0.3) is 0 Å². The highest BCUT2D eigenvalue weighted by atomic mass is 16.1. The first-order valence-electron chi connectivity index (χ1n) is 5.68. The Morgan fingerprint density at radius 2 is 1.56 bits per heavy atom. The van der Waals surface area contributed by atoms with Gasteiger partial charge >= 0.3 is 0 Å². The van der Waals surface area contributed by atoms with Crippen LogP contribution in [0.3, 0.4) is 0 Å². The van der Waals surface area contributed by atoms with Gasteiger partial charge in [-0.1, -0.05) is 48.4 Å². The van der Waals surface area contributed by atoms with Crippen molar-refractivity contribution in [2.45, 2.75) is 6.42 Å². The molecular formula is C16H13NO. The highest BCUT2D eigenvalue weighted by Crippen LogP contribution is 2.10. The molecule has 2 aromatic rings. The van der Waals surface area contributed by atoms with Gasteiger partial charge in [0, 0.05) is 5.56 Å². The molecule has 0 saturated heterocycles. The normalized spacial score (nSPS) is 9.33.